The lowest BCUT2D eigenvalue weighted by Gasteiger charge is -2.48. The minimum atomic E-state index is 0.0760. The van der Waals surface area contributed by atoms with Crippen LogP contribution in [0.1, 0.15) is 62.6 Å². The topological polar surface area (TPSA) is 41.6 Å². The Balaban J connectivity index is 1.45. The zero-order valence-electron chi connectivity index (χ0n) is 16.0. The van der Waals surface area contributed by atoms with Crippen LogP contribution in [-0.2, 0) is 14.9 Å². The van der Waals surface area contributed by atoms with E-state index in [0.717, 1.165) is 25.6 Å². The van der Waals surface area contributed by atoms with Crippen LogP contribution in [0.3, 0.4) is 0 Å². The quantitative estimate of drug-likeness (QED) is 0.902. The second kappa shape index (κ2) is 7.69. The van der Waals surface area contributed by atoms with Crippen molar-refractivity contribution < 1.29 is 9.53 Å². The maximum Gasteiger partial charge on any atom is 0.217 e. The van der Waals surface area contributed by atoms with Gasteiger partial charge in [-0.05, 0) is 74.1 Å². The van der Waals surface area contributed by atoms with Crippen molar-refractivity contribution in [3.8, 4) is 0 Å². The van der Waals surface area contributed by atoms with Crippen LogP contribution in [0.15, 0.2) is 24.3 Å². The molecule has 142 valence electrons. The van der Waals surface area contributed by atoms with E-state index in [-0.39, 0.29) is 11.9 Å². The van der Waals surface area contributed by atoms with Crippen molar-refractivity contribution in [2.24, 2.45) is 5.92 Å². The Morgan fingerprint density at radius 2 is 1.88 bits per heavy atom. The van der Waals surface area contributed by atoms with E-state index < -0.39 is 0 Å². The van der Waals surface area contributed by atoms with Gasteiger partial charge in [-0.15, -0.1) is 0 Å². The highest BCUT2D eigenvalue weighted by atomic mass is 16.5. The molecule has 1 aliphatic carbocycles. The van der Waals surface area contributed by atoms with Gasteiger partial charge in [-0.2, -0.15) is 0 Å². The molecular weight excluding hydrogens is 324 g/mol. The maximum absolute atomic E-state index is 11.6. The smallest absolute Gasteiger partial charge is 0.217 e. The molecular formula is C22H32N2O2. The summed E-state index contributed by atoms with van der Waals surface area (Å²) in [6.45, 7) is 7.17. The third-order valence-electron chi connectivity index (χ3n) is 6.87. The SMILES string of the molecule is CC(=O)NC1CCC2(CCN(CC3CCOCC3)CC2)c2ccccc21. The Kier molecular flexibility index (Phi) is 5.32. The van der Waals surface area contributed by atoms with Gasteiger partial charge in [0.15, 0.2) is 0 Å². The van der Waals surface area contributed by atoms with Crippen LogP contribution in [0.2, 0.25) is 0 Å². The average Bonchev–Trinajstić information content (AvgIpc) is 2.67. The number of hydrogen-bond donors (Lipinski definition) is 1. The Hall–Kier alpha value is -1.39. The predicted octanol–water partition coefficient (Wildman–Crippen LogP) is 3.42. The molecule has 4 nitrogen and oxygen atoms in total. The number of ether oxygens (including phenoxy) is 1. The molecule has 1 spiro atoms. The van der Waals surface area contributed by atoms with Crippen molar-refractivity contribution in [3.63, 3.8) is 0 Å². The number of fused-ring (bicyclic) bond motifs is 2. The molecule has 1 unspecified atom stereocenters. The lowest BCUT2D eigenvalue weighted by Crippen LogP contribution is -2.47. The normalized spacial score (nSPS) is 26.4. The largest absolute Gasteiger partial charge is 0.381 e. The molecule has 2 heterocycles. The van der Waals surface area contributed by atoms with E-state index in [0.29, 0.717) is 5.41 Å². The predicted molar refractivity (Wildman–Crippen MR) is 103 cm³/mol. The molecule has 1 N–H and O–H groups in total. The highest BCUT2D eigenvalue weighted by Crippen LogP contribution is 2.48. The summed E-state index contributed by atoms with van der Waals surface area (Å²) < 4.78 is 5.51. The van der Waals surface area contributed by atoms with Gasteiger partial charge in [0.05, 0.1) is 6.04 Å². The fourth-order valence-electron chi connectivity index (χ4n) is 5.37. The second-order valence-corrected chi connectivity index (χ2v) is 8.52. The van der Waals surface area contributed by atoms with Crippen molar-refractivity contribution >= 4 is 5.91 Å². The number of nitrogens with one attached hydrogen (secondary N) is 1. The number of carbonyl (C=O) groups is 1. The fourth-order valence-corrected chi connectivity index (χ4v) is 5.37. The standard InChI is InChI=1S/C22H32N2O2/c1-17(25)23-21-6-9-22(20-5-3-2-4-19(20)21)10-12-24(13-11-22)16-18-7-14-26-15-8-18/h2-5,18,21H,6-16H2,1H3,(H,23,25). The van der Waals surface area contributed by atoms with E-state index in [9.17, 15) is 4.79 Å². The first-order chi connectivity index (χ1) is 12.7. The van der Waals surface area contributed by atoms with Gasteiger partial charge >= 0.3 is 0 Å². The molecule has 3 aliphatic rings. The summed E-state index contributed by atoms with van der Waals surface area (Å²) in [6.07, 6.45) is 7.21. The summed E-state index contributed by atoms with van der Waals surface area (Å²) in [7, 11) is 0. The van der Waals surface area contributed by atoms with Crippen LogP contribution in [-0.4, -0.2) is 43.7 Å². The van der Waals surface area contributed by atoms with E-state index in [1.807, 2.05) is 0 Å². The van der Waals surface area contributed by atoms with Crippen molar-refractivity contribution in [3.05, 3.63) is 35.4 Å². The lowest BCUT2D eigenvalue weighted by atomic mass is 9.63. The number of rotatable bonds is 3. The summed E-state index contributed by atoms with van der Waals surface area (Å²) in [5, 5.41) is 3.16. The van der Waals surface area contributed by atoms with Gasteiger partial charge in [0.25, 0.3) is 0 Å². The maximum atomic E-state index is 11.6. The molecule has 1 amide bonds. The molecule has 0 bridgehead atoms. The monoisotopic (exact) mass is 356 g/mol. The van der Waals surface area contributed by atoms with E-state index in [1.165, 1.54) is 62.9 Å². The van der Waals surface area contributed by atoms with Crippen molar-refractivity contribution in [2.45, 2.75) is 56.9 Å². The zero-order valence-corrected chi connectivity index (χ0v) is 16.0. The molecule has 4 rings (SSSR count). The number of nitrogens with zero attached hydrogens (tertiary/aromatic N) is 1. The molecule has 4 heteroatoms. The first-order valence-corrected chi connectivity index (χ1v) is 10.3. The molecule has 0 saturated carbocycles. The van der Waals surface area contributed by atoms with Crippen LogP contribution in [0.25, 0.3) is 0 Å². The minimum absolute atomic E-state index is 0.0760. The third kappa shape index (κ3) is 3.67. The van der Waals surface area contributed by atoms with E-state index in [2.05, 4.69) is 34.5 Å². The second-order valence-electron chi connectivity index (χ2n) is 8.52. The Morgan fingerprint density at radius 3 is 2.62 bits per heavy atom. The number of amides is 1. The van der Waals surface area contributed by atoms with Crippen LogP contribution in [0, 0.1) is 5.92 Å². The average molecular weight is 357 g/mol. The zero-order chi connectivity index (χ0) is 18.0. The van der Waals surface area contributed by atoms with Gasteiger partial charge < -0.3 is 15.0 Å². The van der Waals surface area contributed by atoms with Crippen LogP contribution in [0.5, 0.6) is 0 Å². The Labute approximate surface area is 157 Å². The van der Waals surface area contributed by atoms with E-state index in [1.54, 1.807) is 6.92 Å². The van der Waals surface area contributed by atoms with Crippen molar-refractivity contribution in [2.75, 3.05) is 32.8 Å². The van der Waals surface area contributed by atoms with E-state index in [4.69, 9.17) is 4.74 Å². The fraction of sp³-hybridized carbons (Fsp3) is 0.682. The summed E-state index contributed by atoms with van der Waals surface area (Å²) in [5.74, 6) is 0.896. The highest BCUT2D eigenvalue weighted by molar-refractivity contribution is 5.73. The molecule has 1 aromatic rings. The van der Waals surface area contributed by atoms with E-state index >= 15 is 0 Å². The molecule has 26 heavy (non-hydrogen) atoms. The van der Waals surface area contributed by atoms with Gasteiger partial charge in [-0.1, -0.05) is 24.3 Å². The summed E-state index contributed by atoms with van der Waals surface area (Å²) >= 11 is 0. The Bertz CT molecular complexity index is 631. The molecule has 1 aromatic carbocycles. The van der Waals surface area contributed by atoms with Gasteiger partial charge in [-0.25, -0.2) is 0 Å². The minimum Gasteiger partial charge on any atom is -0.381 e. The number of piperidine rings is 1. The van der Waals surface area contributed by atoms with Crippen molar-refractivity contribution in [1.29, 1.82) is 0 Å². The number of likely N-dealkylation sites (tertiary alicyclic amines) is 1. The lowest BCUT2D eigenvalue weighted by molar-refractivity contribution is -0.119. The molecule has 2 fully saturated rings. The van der Waals surface area contributed by atoms with Crippen LogP contribution in [0.4, 0.5) is 0 Å². The summed E-state index contributed by atoms with van der Waals surface area (Å²) in [5.41, 5.74) is 3.17. The van der Waals surface area contributed by atoms with Crippen LogP contribution >= 0.6 is 0 Å². The molecule has 0 aromatic heterocycles. The van der Waals surface area contributed by atoms with Gasteiger partial charge in [0, 0.05) is 26.7 Å². The summed E-state index contributed by atoms with van der Waals surface area (Å²) in [6, 6.07) is 9.02. The number of carbonyl (C=O) groups excluding carboxylic acids is 1. The van der Waals surface area contributed by atoms with Gasteiger partial charge in [0.1, 0.15) is 0 Å². The molecule has 0 radical (unpaired) electrons. The van der Waals surface area contributed by atoms with Crippen molar-refractivity contribution in [1.82, 2.24) is 10.2 Å². The molecule has 2 aliphatic heterocycles. The first-order valence-electron chi connectivity index (χ1n) is 10.3. The third-order valence-corrected chi connectivity index (χ3v) is 6.87. The van der Waals surface area contributed by atoms with Gasteiger partial charge in [-0.3, -0.25) is 4.79 Å². The Morgan fingerprint density at radius 1 is 1.15 bits per heavy atom. The highest BCUT2D eigenvalue weighted by Gasteiger charge is 2.42. The molecule has 1 atom stereocenters. The number of hydrogen-bond acceptors (Lipinski definition) is 3. The number of benzene rings is 1. The van der Waals surface area contributed by atoms with Gasteiger partial charge in [0.2, 0.25) is 5.91 Å². The molecule has 2 saturated heterocycles. The van der Waals surface area contributed by atoms with Crippen LogP contribution < -0.4 is 5.32 Å². The summed E-state index contributed by atoms with van der Waals surface area (Å²) in [4.78, 5) is 14.3. The first kappa shape index (κ1) is 18.0.